The maximum Gasteiger partial charge on any atom is 0.390 e. The minimum atomic E-state index is -4.19. The molecule has 0 aromatic heterocycles. The van der Waals surface area contributed by atoms with Crippen LogP contribution in [0.25, 0.3) is 0 Å². The summed E-state index contributed by atoms with van der Waals surface area (Å²) in [4.78, 5) is 5.58. The van der Waals surface area contributed by atoms with Gasteiger partial charge in [0.1, 0.15) is 5.82 Å². The Balaban J connectivity index is 0.00000400. The van der Waals surface area contributed by atoms with E-state index in [-0.39, 0.29) is 36.3 Å². The Morgan fingerprint density at radius 2 is 1.81 bits per heavy atom. The van der Waals surface area contributed by atoms with Gasteiger partial charge in [0.25, 0.3) is 0 Å². The van der Waals surface area contributed by atoms with Crippen LogP contribution in [0.5, 0.6) is 0 Å². The van der Waals surface area contributed by atoms with Gasteiger partial charge in [-0.2, -0.15) is 13.2 Å². The highest BCUT2D eigenvalue weighted by Gasteiger charge is 2.26. The monoisotopic (exact) mass is 419 g/mol. The second kappa shape index (κ2) is 9.06. The molecule has 0 aliphatic heterocycles. The molecule has 0 aliphatic carbocycles. The van der Waals surface area contributed by atoms with Crippen LogP contribution < -0.4 is 5.32 Å². The molecule has 1 N–H and O–H groups in total. The van der Waals surface area contributed by atoms with E-state index in [0.717, 1.165) is 5.56 Å². The Labute approximate surface area is 138 Å². The largest absolute Gasteiger partial charge is 0.390 e. The van der Waals surface area contributed by atoms with Crippen LogP contribution >= 0.6 is 24.0 Å². The predicted octanol–water partition coefficient (Wildman–Crippen LogP) is 3.40. The zero-order valence-corrected chi connectivity index (χ0v) is 14.1. The van der Waals surface area contributed by atoms with Crippen molar-refractivity contribution in [3.05, 3.63) is 35.6 Å². The number of alkyl halides is 3. The van der Waals surface area contributed by atoms with Gasteiger partial charge in [0, 0.05) is 27.2 Å². The summed E-state index contributed by atoms with van der Waals surface area (Å²) >= 11 is 0. The van der Waals surface area contributed by atoms with Crippen LogP contribution in [-0.2, 0) is 6.54 Å². The molecule has 0 unspecified atom stereocenters. The SMILES string of the molecule is CN=C(NCCC(F)(F)F)N(C)Cc1ccc(F)cc1.I. The van der Waals surface area contributed by atoms with Crippen molar-refractivity contribution in [2.75, 3.05) is 20.6 Å². The molecule has 0 bridgehead atoms. The van der Waals surface area contributed by atoms with Crippen molar-refractivity contribution in [1.29, 1.82) is 0 Å². The van der Waals surface area contributed by atoms with E-state index in [1.165, 1.54) is 19.2 Å². The lowest BCUT2D eigenvalue weighted by Crippen LogP contribution is -2.39. The lowest BCUT2D eigenvalue weighted by molar-refractivity contribution is -0.132. The molecule has 0 spiro atoms. The third kappa shape index (κ3) is 8.08. The number of rotatable bonds is 4. The van der Waals surface area contributed by atoms with Crippen LogP contribution in [0, 0.1) is 5.82 Å². The number of benzene rings is 1. The van der Waals surface area contributed by atoms with E-state index in [0.29, 0.717) is 12.5 Å². The minimum absolute atomic E-state index is 0. The smallest absolute Gasteiger partial charge is 0.356 e. The van der Waals surface area contributed by atoms with Gasteiger partial charge in [-0.1, -0.05) is 12.1 Å². The van der Waals surface area contributed by atoms with Crippen molar-refractivity contribution in [3.8, 4) is 0 Å². The molecule has 0 saturated heterocycles. The van der Waals surface area contributed by atoms with E-state index in [1.54, 1.807) is 24.1 Å². The van der Waals surface area contributed by atoms with Crippen LogP contribution in [0.4, 0.5) is 17.6 Å². The summed E-state index contributed by atoms with van der Waals surface area (Å²) in [5.74, 6) is 0.0302. The zero-order chi connectivity index (χ0) is 15.2. The molecule has 0 amide bonds. The standard InChI is InChI=1S/C13H17F4N3.HI/c1-18-12(19-8-7-13(15,16)17)20(2)9-10-3-5-11(14)6-4-10;/h3-6H,7-9H2,1-2H3,(H,18,19);1H. The zero-order valence-electron chi connectivity index (χ0n) is 11.7. The number of nitrogens with one attached hydrogen (secondary N) is 1. The number of hydrogen-bond acceptors (Lipinski definition) is 1. The lowest BCUT2D eigenvalue weighted by atomic mass is 10.2. The van der Waals surface area contributed by atoms with Crippen molar-refractivity contribution in [2.45, 2.75) is 19.1 Å². The minimum Gasteiger partial charge on any atom is -0.356 e. The van der Waals surface area contributed by atoms with Crippen LogP contribution in [0.15, 0.2) is 29.3 Å². The summed E-state index contributed by atoms with van der Waals surface area (Å²) in [7, 11) is 3.20. The molecule has 0 atom stereocenters. The van der Waals surface area contributed by atoms with Crippen LogP contribution in [-0.4, -0.2) is 37.7 Å². The fraction of sp³-hybridized carbons (Fsp3) is 0.462. The quantitative estimate of drug-likeness (QED) is 0.351. The van der Waals surface area contributed by atoms with Gasteiger partial charge in [-0.05, 0) is 17.7 Å². The van der Waals surface area contributed by atoms with Crippen molar-refractivity contribution >= 4 is 29.9 Å². The van der Waals surface area contributed by atoms with E-state index in [2.05, 4.69) is 10.3 Å². The first-order chi connectivity index (χ1) is 9.31. The van der Waals surface area contributed by atoms with Crippen molar-refractivity contribution in [1.82, 2.24) is 10.2 Å². The summed E-state index contributed by atoms with van der Waals surface area (Å²) in [5, 5.41) is 2.64. The highest BCUT2D eigenvalue weighted by atomic mass is 127. The first kappa shape index (κ1) is 19.9. The molecule has 3 nitrogen and oxygen atoms in total. The molecule has 21 heavy (non-hydrogen) atoms. The molecule has 0 saturated carbocycles. The lowest BCUT2D eigenvalue weighted by Gasteiger charge is -2.22. The summed E-state index contributed by atoms with van der Waals surface area (Å²) < 4.78 is 49.0. The van der Waals surface area contributed by atoms with E-state index in [9.17, 15) is 17.6 Å². The molecule has 120 valence electrons. The third-order valence-corrected chi connectivity index (χ3v) is 2.60. The number of hydrogen-bond donors (Lipinski definition) is 1. The van der Waals surface area contributed by atoms with Gasteiger partial charge < -0.3 is 10.2 Å². The van der Waals surface area contributed by atoms with Crippen molar-refractivity contribution < 1.29 is 17.6 Å². The Morgan fingerprint density at radius 1 is 1.24 bits per heavy atom. The second-order valence-corrected chi connectivity index (χ2v) is 4.32. The van der Waals surface area contributed by atoms with Crippen molar-refractivity contribution in [2.24, 2.45) is 4.99 Å². The summed E-state index contributed by atoms with van der Waals surface area (Å²) in [6.07, 6.45) is -5.11. The Kier molecular flexibility index (Phi) is 8.60. The molecule has 1 aromatic carbocycles. The van der Waals surface area contributed by atoms with Crippen LogP contribution in [0.1, 0.15) is 12.0 Å². The van der Waals surface area contributed by atoms with Gasteiger partial charge in [0.15, 0.2) is 5.96 Å². The third-order valence-electron chi connectivity index (χ3n) is 2.60. The van der Waals surface area contributed by atoms with Crippen LogP contribution in [0.2, 0.25) is 0 Å². The van der Waals surface area contributed by atoms with E-state index < -0.39 is 12.6 Å². The molecular formula is C13H18F4IN3. The number of nitrogens with zero attached hydrogens (tertiary/aromatic N) is 2. The Bertz CT molecular complexity index is 446. The van der Waals surface area contributed by atoms with E-state index in [4.69, 9.17) is 0 Å². The predicted molar refractivity (Wildman–Crippen MR) is 85.3 cm³/mol. The Morgan fingerprint density at radius 3 is 2.29 bits per heavy atom. The maximum absolute atomic E-state index is 12.8. The van der Waals surface area contributed by atoms with Gasteiger partial charge >= 0.3 is 6.18 Å². The van der Waals surface area contributed by atoms with Crippen LogP contribution in [0.3, 0.4) is 0 Å². The first-order valence-corrected chi connectivity index (χ1v) is 6.05. The number of aliphatic imine (C=N–C) groups is 1. The summed E-state index contributed by atoms with van der Waals surface area (Å²) in [6.45, 7) is 0.190. The molecule has 8 heteroatoms. The second-order valence-electron chi connectivity index (χ2n) is 4.32. The normalized spacial score (nSPS) is 11.8. The topological polar surface area (TPSA) is 27.6 Å². The molecule has 1 rings (SSSR count). The fourth-order valence-corrected chi connectivity index (χ4v) is 1.64. The number of halogens is 5. The summed E-state index contributed by atoms with van der Waals surface area (Å²) in [6, 6.07) is 5.91. The fourth-order valence-electron chi connectivity index (χ4n) is 1.64. The van der Waals surface area contributed by atoms with Gasteiger partial charge in [-0.3, -0.25) is 4.99 Å². The first-order valence-electron chi connectivity index (χ1n) is 6.05. The Hall–Kier alpha value is -1.06. The molecule has 0 radical (unpaired) electrons. The molecule has 0 fully saturated rings. The summed E-state index contributed by atoms with van der Waals surface area (Å²) in [5.41, 5.74) is 0.840. The molecule has 0 aliphatic rings. The van der Waals surface area contributed by atoms with Gasteiger partial charge in [0.05, 0.1) is 6.42 Å². The van der Waals surface area contributed by atoms with Gasteiger partial charge in [-0.25, -0.2) is 4.39 Å². The van der Waals surface area contributed by atoms with E-state index in [1.807, 2.05) is 0 Å². The number of guanidine groups is 1. The average molecular weight is 419 g/mol. The highest BCUT2D eigenvalue weighted by molar-refractivity contribution is 14.0. The van der Waals surface area contributed by atoms with Gasteiger partial charge in [0.2, 0.25) is 0 Å². The molecule has 1 aromatic rings. The van der Waals surface area contributed by atoms with E-state index >= 15 is 0 Å². The van der Waals surface area contributed by atoms with Gasteiger partial charge in [-0.15, -0.1) is 24.0 Å². The highest BCUT2D eigenvalue weighted by Crippen LogP contribution is 2.18. The molecule has 0 heterocycles. The maximum atomic E-state index is 12.8. The van der Waals surface area contributed by atoms with Crippen molar-refractivity contribution in [3.63, 3.8) is 0 Å². The molecular weight excluding hydrogens is 401 g/mol. The average Bonchev–Trinajstić information content (AvgIpc) is 2.36.